The third-order valence-corrected chi connectivity index (χ3v) is 6.46. The number of nitrogens with one attached hydrogen (secondary N) is 2. The van der Waals surface area contributed by atoms with Gasteiger partial charge in [-0.25, -0.2) is 13.1 Å². The van der Waals surface area contributed by atoms with Gasteiger partial charge >= 0.3 is 0 Å². The first-order chi connectivity index (χ1) is 11.0. The number of likely N-dealkylation sites (tertiary alicyclic amines) is 1. The van der Waals surface area contributed by atoms with Crippen LogP contribution in [0.25, 0.3) is 10.9 Å². The molecule has 0 spiro atoms. The molecule has 1 aromatic heterocycles. The number of hydrogen-bond acceptors (Lipinski definition) is 3. The number of aromatic nitrogens is 1. The molecule has 2 heterocycles. The second-order valence-electron chi connectivity index (χ2n) is 6.37. The number of aromatic amines is 1. The molecule has 2 aromatic rings. The second kappa shape index (κ2) is 5.35. The average molecular weight is 333 g/mol. The van der Waals surface area contributed by atoms with E-state index < -0.39 is 15.3 Å². The van der Waals surface area contributed by atoms with Crippen LogP contribution in [0.5, 0.6) is 0 Å². The maximum absolute atomic E-state index is 12.6. The zero-order chi connectivity index (χ0) is 16.0. The van der Waals surface area contributed by atoms with Crippen molar-refractivity contribution in [1.29, 1.82) is 0 Å². The minimum absolute atomic E-state index is 0.110. The Balaban J connectivity index is 1.49. The molecule has 1 saturated heterocycles. The van der Waals surface area contributed by atoms with Crippen molar-refractivity contribution in [2.45, 2.75) is 30.6 Å². The van der Waals surface area contributed by atoms with Crippen LogP contribution in [0.3, 0.4) is 0 Å². The zero-order valence-electron chi connectivity index (χ0n) is 12.7. The molecule has 122 valence electrons. The summed E-state index contributed by atoms with van der Waals surface area (Å²) < 4.78 is 27.3. The number of hydrogen-bond donors (Lipinski definition) is 2. The summed E-state index contributed by atoms with van der Waals surface area (Å²) in [4.78, 5) is 17.3. The summed E-state index contributed by atoms with van der Waals surface area (Å²) >= 11 is 0. The van der Waals surface area contributed by atoms with Crippen molar-refractivity contribution < 1.29 is 13.2 Å². The quantitative estimate of drug-likeness (QED) is 0.889. The number of para-hydroxylation sites is 1. The Hall–Kier alpha value is -1.86. The molecule has 6 nitrogen and oxygen atoms in total. The van der Waals surface area contributed by atoms with E-state index in [1.807, 2.05) is 30.3 Å². The van der Waals surface area contributed by atoms with Gasteiger partial charge < -0.3 is 9.88 Å². The fourth-order valence-electron chi connectivity index (χ4n) is 3.05. The van der Waals surface area contributed by atoms with Gasteiger partial charge in [-0.1, -0.05) is 18.2 Å². The standard InChI is InChI=1S/C16H19N3O3S/c20-16(15-9-11-3-1-2-4-14(11)17-15)19-8-7-13(10-19)23(21,22)18-12-5-6-12/h1-4,9,12-13,17-18H,5-8,10H2/t13-/m0/s1. The van der Waals surface area contributed by atoms with Crippen molar-refractivity contribution in [2.75, 3.05) is 13.1 Å². The number of fused-ring (bicyclic) bond motifs is 1. The highest BCUT2D eigenvalue weighted by Gasteiger charge is 2.38. The maximum atomic E-state index is 12.6. The minimum Gasteiger partial charge on any atom is -0.351 e. The summed E-state index contributed by atoms with van der Waals surface area (Å²) in [6.07, 6.45) is 2.33. The van der Waals surface area contributed by atoms with E-state index in [0.29, 0.717) is 18.7 Å². The van der Waals surface area contributed by atoms with Gasteiger partial charge in [-0.3, -0.25) is 4.79 Å². The minimum atomic E-state index is -3.32. The Kier molecular flexibility index (Phi) is 3.42. The van der Waals surface area contributed by atoms with E-state index in [1.54, 1.807) is 4.90 Å². The molecule has 2 N–H and O–H groups in total. The van der Waals surface area contributed by atoms with Gasteiger partial charge in [-0.2, -0.15) is 0 Å². The number of rotatable bonds is 4. The second-order valence-corrected chi connectivity index (χ2v) is 8.36. The number of sulfonamides is 1. The molecule has 7 heteroatoms. The highest BCUT2D eigenvalue weighted by molar-refractivity contribution is 7.90. The highest BCUT2D eigenvalue weighted by atomic mass is 32.2. The van der Waals surface area contributed by atoms with Crippen molar-refractivity contribution in [3.63, 3.8) is 0 Å². The van der Waals surface area contributed by atoms with E-state index in [0.717, 1.165) is 23.7 Å². The summed E-state index contributed by atoms with van der Waals surface area (Å²) in [6, 6.07) is 9.63. The Morgan fingerprint density at radius 3 is 2.74 bits per heavy atom. The monoisotopic (exact) mass is 333 g/mol. The number of carbonyl (C=O) groups excluding carboxylic acids is 1. The summed E-state index contributed by atoms with van der Waals surface area (Å²) in [6.45, 7) is 0.737. The molecular weight excluding hydrogens is 314 g/mol. The predicted octanol–water partition coefficient (Wildman–Crippen LogP) is 1.46. The normalized spacial score (nSPS) is 21.9. The van der Waals surface area contributed by atoms with Crippen LogP contribution in [0.2, 0.25) is 0 Å². The molecule has 1 aromatic carbocycles. The number of nitrogens with zero attached hydrogens (tertiary/aromatic N) is 1. The third kappa shape index (κ3) is 2.86. The molecule has 1 aliphatic heterocycles. The van der Waals surface area contributed by atoms with Crippen LogP contribution in [0.4, 0.5) is 0 Å². The molecule has 4 rings (SSSR count). The van der Waals surface area contributed by atoms with Gasteiger partial charge in [0.25, 0.3) is 5.91 Å². The Labute approximate surface area is 134 Å². The van der Waals surface area contributed by atoms with Gasteiger partial charge in [0.1, 0.15) is 5.69 Å². The predicted molar refractivity (Wildman–Crippen MR) is 87.7 cm³/mol. The number of amides is 1. The number of benzene rings is 1. The van der Waals surface area contributed by atoms with E-state index in [-0.39, 0.29) is 18.5 Å². The van der Waals surface area contributed by atoms with Crippen molar-refractivity contribution >= 4 is 26.8 Å². The SMILES string of the molecule is O=C(c1cc2ccccc2[nH]1)N1CC[C@H](S(=O)(=O)NC2CC2)C1. The Bertz CT molecular complexity index is 821. The topological polar surface area (TPSA) is 82.3 Å². The van der Waals surface area contributed by atoms with Crippen LogP contribution in [0.1, 0.15) is 29.8 Å². The Morgan fingerprint density at radius 2 is 2.00 bits per heavy atom. The van der Waals surface area contributed by atoms with Gasteiger partial charge in [0.05, 0.1) is 5.25 Å². The fraction of sp³-hybridized carbons (Fsp3) is 0.438. The first-order valence-electron chi connectivity index (χ1n) is 7.91. The molecule has 2 aliphatic rings. The lowest BCUT2D eigenvalue weighted by Crippen LogP contribution is -2.38. The molecule has 23 heavy (non-hydrogen) atoms. The third-order valence-electron chi connectivity index (χ3n) is 4.54. The van der Waals surface area contributed by atoms with E-state index in [9.17, 15) is 13.2 Å². The number of H-pyrrole nitrogens is 1. The molecule has 2 fully saturated rings. The molecule has 1 saturated carbocycles. The van der Waals surface area contributed by atoms with Crippen LogP contribution < -0.4 is 4.72 Å². The van der Waals surface area contributed by atoms with Gasteiger partial charge in [-0.15, -0.1) is 0 Å². The van der Waals surface area contributed by atoms with Crippen LogP contribution in [0.15, 0.2) is 30.3 Å². The van der Waals surface area contributed by atoms with Crippen molar-refractivity contribution in [1.82, 2.24) is 14.6 Å². The lowest BCUT2D eigenvalue weighted by Gasteiger charge is -2.16. The van der Waals surface area contributed by atoms with E-state index in [1.165, 1.54) is 0 Å². The van der Waals surface area contributed by atoms with E-state index in [2.05, 4.69) is 9.71 Å². The first-order valence-corrected chi connectivity index (χ1v) is 9.46. The van der Waals surface area contributed by atoms with Crippen molar-refractivity contribution in [3.05, 3.63) is 36.0 Å². The van der Waals surface area contributed by atoms with Crippen LogP contribution in [0, 0.1) is 0 Å². The molecule has 1 atom stereocenters. The summed E-state index contributed by atoms with van der Waals surface area (Å²) in [5.41, 5.74) is 1.43. The number of carbonyl (C=O) groups is 1. The molecule has 0 bridgehead atoms. The van der Waals surface area contributed by atoms with Crippen LogP contribution in [-0.4, -0.2) is 48.6 Å². The molecule has 1 aliphatic carbocycles. The largest absolute Gasteiger partial charge is 0.351 e. The van der Waals surface area contributed by atoms with Crippen LogP contribution >= 0.6 is 0 Å². The fourth-order valence-corrected chi connectivity index (χ4v) is 4.74. The van der Waals surface area contributed by atoms with Gasteiger partial charge in [-0.05, 0) is 31.4 Å². The Morgan fingerprint density at radius 1 is 1.22 bits per heavy atom. The van der Waals surface area contributed by atoms with E-state index >= 15 is 0 Å². The van der Waals surface area contributed by atoms with Gasteiger partial charge in [0, 0.05) is 30.0 Å². The molecule has 1 amide bonds. The maximum Gasteiger partial charge on any atom is 0.270 e. The van der Waals surface area contributed by atoms with Crippen molar-refractivity contribution in [2.24, 2.45) is 0 Å². The molecule has 0 unspecified atom stereocenters. The highest BCUT2D eigenvalue weighted by Crippen LogP contribution is 2.25. The summed E-state index contributed by atoms with van der Waals surface area (Å²) in [5.74, 6) is -0.134. The smallest absolute Gasteiger partial charge is 0.270 e. The van der Waals surface area contributed by atoms with E-state index in [4.69, 9.17) is 0 Å². The molecular formula is C16H19N3O3S. The van der Waals surface area contributed by atoms with Gasteiger partial charge in [0.15, 0.2) is 0 Å². The lowest BCUT2D eigenvalue weighted by molar-refractivity contribution is 0.0788. The van der Waals surface area contributed by atoms with Crippen molar-refractivity contribution in [3.8, 4) is 0 Å². The molecule has 0 radical (unpaired) electrons. The summed E-state index contributed by atoms with van der Waals surface area (Å²) in [5, 5.41) is 0.478. The average Bonchev–Trinajstić information content (AvgIpc) is 3.07. The van der Waals surface area contributed by atoms with Gasteiger partial charge in [0.2, 0.25) is 10.0 Å². The van der Waals surface area contributed by atoms with Crippen LogP contribution in [-0.2, 0) is 10.0 Å². The first kappa shape index (κ1) is 14.7. The lowest BCUT2D eigenvalue weighted by atomic mass is 10.2. The summed E-state index contributed by atoms with van der Waals surface area (Å²) in [7, 11) is -3.32. The zero-order valence-corrected chi connectivity index (χ0v) is 13.5.